The number of phenols is 1. The van der Waals surface area contributed by atoms with Crippen LogP contribution in [-0.4, -0.2) is 64.4 Å². The number of aromatic amines is 1. The maximum atomic E-state index is 12.9. The Balaban J connectivity index is 0.926. The number of hydrogen-bond acceptors (Lipinski definition) is 8. The van der Waals surface area contributed by atoms with Gasteiger partial charge in [0.25, 0.3) is 0 Å². The normalized spacial score (nSPS) is 14.2. The minimum atomic E-state index is -0.876. The molecule has 264 valence electrons. The quantitative estimate of drug-likeness (QED) is 0.0922. The lowest BCUT2D eigenvalue weighted by Gasteiger charge is -2.31. The Hall–Kier alpha value is -5.49. The number of carbonyl (C=O) groups excluding carboxylic acids is 2. The molecule has 1 aliphatic rings. The number of carbonyl (C=O) groups is 2. The Bertz CT molecular complexity index is 2040. The van der Waals surface area contributed by atoms with Gasteiger partial charge in [-0.25, -0.2) is 4.79 Å². The summed E-state index contributed by atoms with van der Waals surface area (Å²) in [5.74, 6) is -0.140. The van der Waals surface area contributed by atoms with Gasteiger partial charge in [0.05, 0.1) is 17.3 Å². The number of H-pyrrole nitrogens is 1. The molecule has 1 aliphatic heterocycles. The standard InChI is InChI=1S/C40H43N5O6/c1-26-11-12-29(23-28(26)24-41-25-36(47)32-13-15-35(46)39-33(32)14-16-37(48)44-39)42-38(49)19-22-45-20-17-30(18-21-45)51-40(50)43-34-10-6-5-9-31(34)27-7-3-2-4-8-27/h2-16,23,30,36,41,46-47H,17-22,24-25H2,1H3,(H,42,49)(H,43,50)(H,44,48). The number of aromatic hydroxyl groups is 1. The highest BCUT2D eigenvalue weighted by atomic mass is 16.6. The summed E-state index contributed by atoms with van der Waals surface area (Å²) in [5.41, 5.74) is 5.91. The molecular formula is C40H43N5O6. The zero-order chi connectivity index (χ0) is 35.7. The van der Waals surface area contributed by atoms with E-state index in [1.54, 1.807) is 12.1 Å². The largest absolute Gasteiger partial charge is 0.506 e. The van der Waals surface area contributed by atoms with E-state index in [1.165, 1.54) is 12.1 Å². The van der Waals surface area contributed by atoms with Gasteiger partial charge in [-0.3, -0.25) is 14.9 Å². The first kappa shape index (κ1) is 35.3. The molecule has 1 saturated heterocycles. The van der Waals surface area contributed by atoms with Crippen LogP contribution in [0.15, 0.2) is 102 Å². The molecule has 1 unspecified atom stereocenters. The number of para-hydroxylation sites is 1. The van der Waals surface area contributed by atoms with E-state index in [9.17, 15) is 24.6 Å². The van der Waals surface area contributed by atoms with Crippen LogP contribution < -0.4 is 21.5 Å². The van der Waals surface area contributed by atoms with Gasteiger partial charge in [0, 0.05) is 61.8 Å². The first-order chi connectivity index (χ1) is 24.7. The number of aliphatic hydroxyl groups excluding tert-OH is 1. The Labute approximate surface area is 296 Å². The first-order valence-corrected chi connectivity index (χ1v) is 17.2. The van der Waals surface area contributed by atoms with Gasteiger partial charge < -0.3 is 35.5 Å². The van der Waals surface area contributed by atoms with Gasteiger partial charge in [0.15, 0.2) is 0 Å². The lowest BCUT2D eigenvalue weighted by molar-refractivity contribution is -0.116. The van der Waals surface area contributed by atoms with Crippen LogP contribution in [0.5, 0.6) is 5.75 Å². The minimum absolute atomic E-state index is 0.0565. The van der Waals surface area contributed by atoms with Crippen molar-refractivity contribution in [3.63, 3.8) is 0 Å². The van der Waals surface area contributed by atoms with Gasteiger partial charge in [0.1, 0.15) is 11.9 Å². The number of amides is 2. The van der Waals surface area contributed by atoms with E-state index in [-0.39, 0.29) is 29.9 Å². The summed E-state index contributed by atoms with van der Waals surface area (Å²) >= 11 is 0. The maximum absolute atomic E-state index is 12.9. The molecule has 1 atom stereocenters. The molecule has 51 heavy (non-hydrogen) atoms. The number of likely N-dealkylation sites (tertiary alicyclic amines) is 1. The van der Waals surface area contributed by atoms with Crippen molar-refractivity contribution >= 4 is 34.3 Å². The van der Waals surface area contributed by atoms with Gasteiger partial charge in [-0.05, 0) is 72.4 Å². The number of aromatic nitrogens is 1. The number of ether oxygens (including phenoxy) is 1. The third-order valence-electron chi connectivity index (χ3n) is 9.26. The fourth-order valence-corrected chi connectivity index (χ4v) is 6.43. The molecule has 0 aliphatic carbocycles. The van der Waals surface area contributed by atoms with Gasteiger partial charge >= 0.3 is 6.09 Å². The zero-order valence-corrected chi connectivity index (χ0v) is 28.5. The summed E-state index contributed by atoms with van der Waals surface area (Å²) in [6.45, 7) is 4.76. The second-order valence-corrected chi connectivity index (χ2v) is 12.9. The molecule has 0 radical (unpaired) electrons. The summed E-state index contributed by atoms with van der Waals surface area (Å²) in [7, 11) is 0. The van der Waals surface area contributed by atoms with E-state index in [4.69, 9.17) is 4.74 Å². The number of aliphatic hydroxyl groups is 1. The van der Waals surface area contributed by atoms with Crippen molar-refractivity contribution in [3.8, 4) is 16.9 Å². The Morgan fingerprint density at radius 2 is 1.71 bits per heavy atom. The highest BCUT2D eigenvalue weighted by Gasteiger charge is 2.23. The number of benzene rings is 4. The van der Waals surface area contributed by atoms with Gasteiger partial charge in [-0.15, -0.1) is 0 Å². The van der Waals surface area contributed by atoms with E-state index >= 15 is 0 Å². The van der Waals surface area contributed by atoms with Crippen LogP contribution in [-0.2, 0) is 16.1 Å². The number of nitrogens with zero attached hydrogens (tertiary/aromatic N) is 1. The average molecular weight is 690 g/mol. The second kappa shape index (κ2) is 16.5. The molecule has 0 spiro atoms. The summed E-state index contributed by atoms with van der Waals surface area (Å²) in [6.07, 6.45) is 0.192. The van der Waals surface area contributed by atoms with Crippen molar-refractivity contribution in [1.29, 1.82) is 0 Å². The highest BCUT2D eigenvalue weighted by molar-refractivity contribution is 5.92. The fourth-order valence-electron chi connectivity index (χ4n) is 6.43. The molecule has 5 aromatic rings. The molecule has 2 heterocycles. The van der Waals surface area contributed by atoms with Crippen molar-refractivity contribution in [2.24, 2.45) is 0 Å². The van der Waals surface area contributed by atoms with Gasteiger partial charge in [0.2, 0.25) is 11.5 Å². The summed E-state index contributed by atoms with van der Waals surface area (Å²) < 4.78 is 5.75. The van der Waals surface area contributed by atoms with Crippen LogP contribution in [0.2, 0.25) is 0 Å². The number of piperidine rings is 1. The van der Waals surface area contributed by atoms with E-state index in [1.807, 2.05) is 79.7 Å². The molecule has 1 aromatic heterocycles. The molecule has 0 saturated carbocycles. The van der Waals surface area contributed by atoms with Crippen LogP contribution in [0.25, 0.3) is 22.0 Å². The lowest BCUT2D eigenvalue weighted by atomic mass is 10.0. The maximum Gasteiger partial charge on any atom is 0.411 e. The number of hydrogen-bond donors (Lipinski definition) is 6. The first-order valence-electron chi connectivity index (χ1n) is 17.2. The molecule has 1 fully saturated rings. The van der Waals surface area contributed by atoms with Crippen molar-refractivity contribution < 1.29 is 24.5 Å². The fraction of sp³-hybridized carbons (Fsp3) is 0.275. The number of anilines is 2. The molecule has 6 N–H and O–H groups in total. The van der Waals surface area contributed by atoms with E-state index in [0.717, 1.165) is 35.3 Å². The van der Waals surface area contributed by atoms with E-state index in [0.29, 0.717) is 60.2 Å². The summed E-state index contributed by atoms with van der Waals surface area (Å²) in [5, 5.41) is 30.8. The van der Waals surface area contributed by atoms with Crippen molar-refractivity contribution in [1.82, 2.24) is 15.2 Å². The van der Waals surface area contributed by atoms with Crippen LogP contribution in [0, 0.1) is 6.92 Å². The van der Waals surface area contributed by atoms with Gasteiger partial charge in [-0.2, -0.15) is 0 Å². The Morgan fingerprint density at radius 3 is 2.51 bits per heavy atom. The van der Waals surface area contributed by atoms with E-state index in [2.05, 4.69) is 25.8 Å². The molecule has 2 amide bonds. The summed E-state index contributed by atoms with van der Waals surface area (Å²) in [4.78, 5) is 42.2. The topological polar surface area (TPSA) is 156 Å². The molecule has 4 aromatic carbocycles. The molecular weight excluding hydrogens is 646 g/mol. The third-order valence-corrected chi connectivity index (χ3v) is 9.26. The molecule has 6 rings (SSSR count). The van der Waals surface area contributed by atoms with Crippen LogP contribution in [0.1, 0.15) is 42.1 Å². The van der Waals surface area contributed by atoms with E-state index < -0.39 is 12.2 Å². The third kappa shape index (κ3) is 9.20. The minimum Gasteiger partial charge on any atom is -0.506 e. The monoisotopic (exact) mass is 689 g/mol. The average Bonchev–Trinajstić information content (AvgIpc) is 3.13. The smallest absolute Gasteiger partial charge is 0.411 e. The predicted octanol–water partition coefficient (Wildman–Crippen LogP) is 6.07. The number of phenolic OH excluding ortho intramolecular Hbond substituents is 1. The second-order valence-electron chi connectivity index (χ2n) is 12.9. The molecule has 11 heteroatoms. The lowest BCUT2D eigenvalue weighted by Crippen LogP contribution is -2.39. The predicted molar refractivity (Wildman–Crippen MR) is 199 cm³/mol. The van der Waals surface area contributed by atoms with Crippen molar-refractivity contribution in [2.45, 2.75) is 44.9 Å². The Kier molecular flexibility index (Phi) is 11.4. The van der Waals surface area contributed by atoms with Crippen LogP contribution in [0.3, 0.4) is 0 Å². The Morgan fingerprint density at radius 1 is 0.941 bits per heavy atom. The van der Waals surface area contributed by atoms with Crippen molar-refractivity contribution in [3.05, 3.63) is 124 Å². The highest BCUT2D eigenvalue weighted by Crippen LogP contribution is 2.30. The van der Waals surface area contributed by atoms with Crippen LogP contribution in [0.4, 0.5) is 16.2 Å². The van der Waals surface area contributed by atoms with Crippen molar-refractivity contribution in [2.75, 3.05) is 36.8 Å². The van der Waals surface area contributed by atoms with Gasteiger partial charge in [-0.1, -0.05) is 60.7 Å². The number of aryl methyl sites for hydroxylation is 1. The number of fused-ring (bicyclic) bond motifs is 1. The SMILES string of the molecule is Cc1ccc(NC(=O)CCN2CCC(OC(=O)Nc3ccccc3-c3ccccc3)CC2)cc1CNCC(O)c1ccc(O)c2[nH]c(=O)ccc12. The summed E-state index contributed by atoms with van der Waals surface area (Å²) in [6, 6.07) is 29.4. The number of pyridine rings is 1. The number of nitrogens with one attached hydrogen (secondary N) is 4. The number of rotatable bonds is 12. The zero-order valence-electron chi connectivity index (χ0n) is 28.5. The molecule has 0 bridgehead atoms. The molecule has 11 nitrogen and oxygen atoms in total. The van der Waals surface area contributed by atoms with Crippen LogP contribution >= 0.6 is 0 Å².